The van der Waals surface area contributed by atoms with Crippen molar-refractivity contribution in [1.82, 2.24) is 0 Å². The fourth-order valence-corrected chi connectivity index (χ4v) is 1.49. The minimum atomic E-state index is -4.06. The molecule has 0 saturated heterocycles. The van der Waals surface area contributed by atoms with Gasteiger partial charge in [0.15, 0.2) is 0 Å². The van der Waals surface area contributed by atoms with Crippen molar-refractivity contribution in [2.75, 3.05) is 13.2 Å². The molecule has 0 amide bonds. The SMILES string of the molecule is C[C@H](OP(=O)(O)OCCN)[C@@H](C)O. The summed E-state index contributed by atoms with van der Waals surface area (Å²) in [6.07, 6.45) is -1.59. The van der Waals surface area contributed by atoms with Crippen molar-refractivity contribution in [3.8, 4) is 0 Å². The summed E-state index contributed by atoms with van der Waals surface area (Å²) < 4.78 is 20.1. The first-order chi connectivity index (χ1) is 5.89. The van der Waals surface area contributed by atoms with Crippen molar-refractivity contribution in [3.05, 3.63) is 0 Å². The van der Waals surface area contributed by atoms with Crippen LogP contribution in [0.1, 0.15) is 13.8 Å². The molecule has 3 atom stereocenters. The molecule has 4 N–H and O–H groups in total. The maximum Gasteiger partial charge on any atom is 0.472 e. The zero-order chi connectivity index (χ0) is 10.5. The molecule has 0 aliphatic rings. The van der Waals surface area contributed by atoms with Gasteiger partial charge in [0.2, 0.25) is 0 Å². The Labute approximate surface area is 77.3 Å². The minimum Gasteiger partial charge on any atom is -0.391 e. The minimum absolute atomic E-state index is 0.0553. The third-order valence-electron chi connectivity index (χ3n) is 1.35. The van der Waals surface area contributed by atoms with Crippen molar-refractivity contribution in [3.63, 3.8) is 0 Å². The van der Waals surface area contributed by atoms with Gasteiger partial charge in [-0.2, -0.15) is 0 Å². The lowest BCUT2D eigenvalue weighted by Gasteiger charge is -2.18. The number of aliphatic hydroxyl groups is 1. The number of hydrogen-bond acceptors (Lipinski definition) is 5. The van der Waals surface area contributed by atoms with Crippen LogP contribution >= 0.6 is 7.82 Å². The summed E-state index contributed by atoms with van der Waals surface area (Å²) in [6, 6.07) is 0. The van der Waals surface area contributed by atoms with Crippen LogP contribution in [-0.4, -0.2) is 35.4 Å². The van der Waals surface area contributed by atoms with Crippen LogP contribution in [0, 0.1) is 0 Å². The lowest BCUT2D eigenvalue weighted by atomic mass is 10.3. The van der Waals surface area contributed by atoms with E-state index in [1.165, 1.54) is 13.8 Å². The number of phosphoric ester groups is 1. The summed E-state index contributed by atoms with van der Waals surface area (Å²) >= 11 is 0. The molecule has 1 unspecified atom stereocenters. The molecular weight excluding hydrogens is 197 g/mol. The third kappa shape index (κ3) is 6.15. The second kappa shape index (κ2) is 5.70. The van der Waals surface area contributed by atoms with Crippen LogP contribution in [0.2, 0.25) is 0 Å². The molecule has 0 aromatic heterocycles. The molecule has 0 heterocycles. The number of phosphoric acid groups is 1. The average molecular weight is 213 g/mol. The molecule has 0 aliphatic carbocycles. The quantitative estimate of drug-likeness (QED) is 0.530. The van der Waals surface area contributed by atoms with Crippen molar-refractivity contribution >= 4 is 7.82 Å². The van der Waals surface area contributed by atoms with E-state index < -0.39 is 20.0 Å². The predicted octanol–water partition coefficient (Wildman–Crippen LogP) is -0.152. The summed E-state index contributed by atoms with van der Waals surface area (Å²) in [5.74, 6) is 0. The second-order valence-electron chi connectivity index (χ2n) is 2.64. The smallest absolute Gasteiger partial charge is 0.391 e. The molecule has 0 saturated carbocycles. The summed E-state index contributed by atoms with van der Waals surface area (Å²) in [5.41, 5.74) is 5.06. The Morgan fingerprint density at radius 3 is 2.46 bits per heavy atom. The van der Waals surface area contributed by atoms with Crippen LogP contribution in [0.3, 0.4) is 0 Å². The van der Waals surface area contributed by atoms with Crippen molar-refractivity contribution < 1.29 is 23.6 Å². The normalized spacial score (nSPS) is 20.7. The molecule has 13 heavy (non-hydrogen) atoms. The average Bonchev–Trinajstić information content (AvgIpc) is 2.00. The van der Waals surface area contributed by atoms with Gasteiger partial charge in [-0.25, -0.2) is 4.57 Å². The summed E-state index contributed by atoms with van der Waals surface area (Å²) in [7, 11) is -4.06. The molecule has 80 valence electrons. The first-order valence-corrected chi connectivity index (χ1v) is 5.42. The van der Waals surface area contributed by atoms with Crippen LogP contribution in [0.4, 0.5) is 0 Å². The van der Waals surface area contributed by atoms with Gasteiger partial charge in [-0.3, -0.25) is 9.05 Å². The van der Waals surface area contributed by atoms with E-state index >= 15 is 0 Å². The molecule has 0 aromatic carbocycles. The fraction of sp³-hybridized carbons (Fsp3) is 1.00. The molecule has 0 radical (unpaired) electrons. The Balaban J connectivity index is 3.94. The highest BCUT2D eigenvalue weighted by atomic mass is 31.2. The molecule has 7 heteroatoms. The summed E-state index contributed by atoms with van der Waals surface area (Å²) in [5, 5.41) is 8.97. The molecule has 0 fully saturated rings. The Kier molecular flexibility index (Phi) is 5.71. The zero-order valence-electron chi connectivity index (χ0n) is 7.71. The molecule has 6 nitrogen and oxygen atoms in total. The van der Waals surface area contributed by atoms with Crippen molar-refractivity contribution in [2.45, 2.75) is 26.1 Å². The van der Waals surface area contributed by atoms with E-state index in [4.69, 9.17) is 15.7 Å². The number of hydrogen-bond donors (Lipinski definition) is 3. The monoisotopic (exact) mass is 213 g/mol. The molecular formula is C6H16NO5P. The van der Waals surface area contributed by atoms with Crippen LogP contribution in [0.15, 0.2) is 0 Å². The molecule has 0 spiro atoms. The maximum absolute atomic E-state index is 11.0. The molecule has 0 aromatic rings. The first kappa shape index (κ1) is 13.0. The van der Waals surface area contributed by atoms with Gasteiger partial charge >= 0.3 is 7.82 Å². The van der Waals surface area contributed by atoms with Crippen LogP contribution in [0.25, 0.3) is 0 Å². The van der Waals surface area contributed by atoms with Gasteiger partial charge in [0.05, 0.1) is 18.8 Å². The first-order valence-electron chi connectivity index (χ1n) is 3.93. The van der Waals surface area contributed by atoms with Gasteiger partial charge in [-0.15, -0.1) is 0 Å². The van der Waals surface area contributed by atoms with Crippen molar-refractivity contribution in [1.29, 1.82) is 0 Å². The predicted molar refractivity (Wildman–Crippen MR) is 47.1 cm³/mol. The highest BCUT2D eigenvalue weighted by molar-refractivity contribution is 7.47. The number of rotatable bonds is 6. The van der Waals surface area contributed by atoms with Gasteiger partial charge < -0.3 is 15.7 Å². The summed E-state index contributed by atoms with van der Waals surface area (Å²) in [4.78, 5) is 9.01. The van der Waals surface area contributed by atoms with Crippen molar-refractivity contribution in [2.24, 2.45) is 5.73 Å². The lowest BCUT2D eigenvalue weighted by Crippen LogP contribution is -2.22. The lowest BCUT2D eigenvalue weighted by molar-refractivity contribution is 0.0299. The van der Waals surface area contributed by atoms with E-state index in [0.717, 1.165) is 0 Å². The maximum atomic E-state index is 11.0. The Morgan fingerprint density at radius 1 is 1.54 bits per heavy atom. The fourth-order valence-electron chi connectivity index (χ4n) is 0.497. The number of nitrogens with two attached hydrogens (primary N) is 1. The van der Waals surface area contributed by atoms with E-state index in [0.29, 0.717) is 0 Å². The van der Waals surface area contributed by atoms with Gasteiger partial charge in [0.1, 0.15) is 0 Å². The standard InChI is InChI=1S/C6H16NO5P/c1-5(8)6(2)12-13(9,10)11-4-3-7/h5-6,8H,3-4,7H2,1-2H3,(H,9,10)/t5-,6+/m1/s1. The highest BCUT2D eigenvalue weighted by Gasteiger charge is 2.25. The van der Waals surface area contributed by atoms with Gasteiger partial charge in [-0.1, -0.05) is 0 Å². The van der Waals surface area contributed by atoms with E-state index in [1.54, 1.807) is 0 Å². The number of aliphatic hydroxyl groups excluding tert-OH is 1. The zero-order valence-corrected chi connectivity index (χ0v) is 8.61. The van der Waals surface area contributed by atoms with E-state index in [-0.39, 0.29) is 13.2 Å². The Morgan fingerprint density at radius 2 is 2.08 bits per heavy atom. The topological polar surface area (TPSA) is 102 Å². The van der Waals surface area contributed by atoms with E-state index in [2.05, 4.69) is 9.05 Å². The largest absolute Gasteiger partial charge is 0.472 e. The highest BCUT2D eigenvalue weighted by Crippen LogP contribution is 2.44. The van der Waals surface area contributed by atoms with Gasteiger partial charge in [0.25, 0.3) is 0 Å². The van der Waals surface area contributed by atoms with Gasteiger partial charge in [0, 0.05) is 6.54 Å². The summed E-state index contributed by atoms with van der Waals surface area (Å²) in [6.45, 7) is 3.00. The van der Waals surface area contributed by atoms with Crippen LogP contribution in [-0.2, 0) is 13.6 Å². The third-order valence-corrected chi connectivity index (χ3v) is 2.46. The molecule has 0 aliphatic heterocycles. The van der Waals surface area contributed by atoms with Crippen LogP contribution in [0.5, 0.6) is 0 Å². The van der Waals surface area contributed by atoms with Crippen LogP contribution < -0.4 is 5.73 Å². The Hall–Kier alpha value is 0.0300. The molecule has 0 rings (SSSR count). The van der Waals surface area contributed by atoms with E-state index in [9.17, 15) is 4.57 Å². The molecule has 0 bridgehead atoms. The van der Waals surface area contributed by atoms with E-state index in [1.807, 2.05) is 0 Å². The second-order valence-corrected chi connectivity index (χ2v) is 4.05. The van der Waals surface area contributed by atoms with Gasteiger partial charge in [-0.05, 0) is 13.8 Å². The Bertz CT molecular complexity index is 186.